The van der Waals surface area contributed by atoms with Crippen LogP contribution in [0.1, 0.15) is 117 Å². The molecule has 0 saturated heterocycles. The smallest absolute Gasteiger partial charge is 0.0157 e. The van der Waals surface area contributed by atoms with E-state index in [0.717, 1.165) is 17.8 Å². The van der Waals surface area contributed by atoms with Crippen molar-refractivity contribution in [3.8, 4) is 0 Å². The van der Waals surface area contributed by atoms with Crippen LogP contribution in [0.4, 0.5) is 0 Å². The molecule has 0 heterocycles. The Kier molecular flexibility index (Phi) is 9.59. The monoisotopic (exact) mass is 352 g/mol. The zero-order valence-corrected chi connectivity index (χ0v) is 17.8. The minimum Gasteiger partial charge on any atom is -0.159 e. The number of hydrogen-bond donors (Lipinski definition) is 0. The van der Waals surface area contributed by atoms with Crippen molar-refractivity contribution >= 4 is 11.8 Å². The van der Waals surface area contributed by atoms with E-state index >= 15 is 0 Å². The van der Waals surface area contributed by atoms with Crippen LogP contribution >= 0.6 is 11.8 Å². The molecule has 0 spiro atoms. The van der Waals surface area contributed by atoms with Crippen molar-refractivity contribution < 1.29 is 0 Å². The van der Waals surface area contributed by atoms with Crippen LogP contribution in [0.25, 0.3) is 0 Å². The summed E-state index contributed by atoms with van der Waals surface area (Å²) >= 11 is 2.18. The summed E-state index contributed by atoms with van der Waals surface area (Å²) in [7, 11) is 0. The third-order valence-corrected chi connectivity index (χ3v) is 8.83. The predicted octanol–water partition coefficient (Wildman–Crippen LogP) is 8.25. The van der Waals surface area contributed by atoms with Crippen molar-refractivity contribution in [2.75, 3.05) is 6.26 Å². The Balaban J connectivity index is 1.63. The highest BCUT2D eigenvalue weighted by molar-refractivity contribution is 8.00. The van der Waals surface area contributed by atoms with Crippen molar-refractivity contribution in [2.45, 2.75) is 121 Å². The van der Waals surface area contributed by atoms with Crippen LogP contribution in [0, 0.1) is 17.8 Å². The highest BCUT2D eigenvalue weighted by Gasteiger charge is 2.37. The lowest BCUT2D eigenvalue weighted by Crippen LogP contribution is -2.34. The summed E-state index contributed by atoms with van der Waals surface area (Å²) in [5.74, 6) is 3.24. The number of rotatable bonds is 10. The number of thioether (sulfide) groups is 1. The van der Waals surface area contributed by atoms with Gasteiger partial charge >= 0.3 is 0 Å². The largest absolute Gasteiger partial charge is 0.159 e. The third kappa shape index (κ3) is 6.26. The van der Waals surface area contributed by atoms with Gasteiger partial charge in [-0.25, -0.2) is 0 Å². The van der Waals surface area contributed by atoms with Crippen molar-refractivity contribution in [1.82, 2.24) is 0 Å². The molecule has 0 bridgehead atoms. The van der Waals surface area contributed by atoms with Gasteiger partial charge in [-0.15, -0.1) is 0 Å². The summed E-state index contributed by atoms with van der Waals surface area (Å²) in [6, 6.07) is 0. The van der Waals surface area contributed by atoms with Crippen molar-refractivity contribution in [1.29, 1.82) is 0 Å². The van der Waals surface area contributed by atoms with E-state index in [0.29, 0.717) is 4.75 Å². The Bertz CT molecular complexity index is 308. The first-order valence-electron chi connectivity index (χ1n) is 11.3. The van der Waals surface area contributed by atoms with Crippen LogP contribution in [0.5, 0.6) is 0 Å². The van der Waals surface area contributed by atoms with Crippen molar-refractivity contribution in [3.05, 3.63) is 0 Å². The van der Waals surface area contributed by atoms with Gasteiger partial charge in [-0.2, -0.15) is 11.8 Å². The molecule has 2 aliphatic carbocycles. The highest BCUT2D eigenvalue weighted by Crippen LogP contribution is 2.48. The van der Waals surface area contributed by atoms with E-state index in [1.807, 2.05) is 0 Å². The van der Waals surface area contributed by atoms with Gasteiger partial charge in [0.15, 0.2) is 0 Å². The summed E-state index contributed by atoms with van der Waals surface area (Å²) in [5.41, 5.74) is 0. The summed E-state index contributed by atoms with van der Waals surface area (Å²) in [5, 5.41) is 0. The molecule has 2 rings (SSSR count). The fourth-order valence-corrected chi connectivity index (χ4v) is 6.69. The molecule has 0 aromatic rings. The predicted molar refractivity (Wildman–Crippen MR) is 112 cm³/mol. The average molecular weight is 353 g/mol. The van der Waals surface area contributed by atoms with Gasteiger partial charge in [-0.05, 0) is 69.0 Å². The SMILES string of the molecule is CCCCCCCC1CCC(C2CCC(CCC)(SC)CC2)CC1. The molecule has 0 N–H and O–H groups in total. The second-order valence-corrected chi connectivity index (χ2v) is 10.2. The molecular formula is C23H44S. The van der Waals surface area contributed by atoms with Crippen LogP contribution in [-0.2, 0) is 0 Å². The first kappa shape index (κ1) is 20.7. The lowest BCUT2D eigenvalue weighted by molar-refractivity contribution is 0.148. The molecule has 24 heavy (non-hydrogen) atoms. The summed E-state index contributed by atoms with van der Waals surface area (Å²) in [6.07, 6.45) is 26.3. The molecule has 1 heteroatoms. The van der Waals surface area contributed by atoms with E-state index in [1.54, 1.807) is 25.7 Å². The third-order valence-electron chi connectivity index (χ3n) is 7.35. The van der Waals surface area contributed by atoms with Gasteiger partial charge in [-0.1, -0.05) is 71.6 Å². The molecule has 0 amide bonds. The number of hydrogen-bond acceptors (Lipinski definition) is 1. The fraction of sp³-hybridized carbons (Fsp3) is 1.00. The van der Waals surface area contributed by atoms with Gasteiger partial charge in [0.05, 0.1) is 0 Å². The first-order valence-corrected chi connectivity index (χ1v) is 12.5. The Morgan fingerprint density at radius 1 is 0.750 bits per heavy atom. The van der Waals surface area contributed by atoms with E-state index in [4.69, 9.17) is 0 Å². The van der Waals surface area contributed by atoms with E-state index in [2.05, 4.69) is 31.9 Å². The zero-order chi connectivity index (χ0) is 17.3. The Morgan fingerprint density at radius 3 is 1.96 bits per heavy atom. The maximum absolute atomic E-state index is 2.37. The van der Waals surface area contributed by atoms with Gasteiger partial charge in [0.1, 0.15) is 0 Å². The molecule has 0 aromatic heterocycles. The van der Waals surface area contributed by atoms with Gasteiger partial charge < -0.3 is 0 Å². The van der Waals surface area contributed by atoms with E-state index in [-0.39, 0.29) is 0 Å². The van der Waals surface area contributed by atoms with Crippen LogP contribution in [0.3, 0.4) is 0 Å². The Hall–Kier alpha value is 0.350. The van der Waals surface area contributed by atoms with Crippen molar-refractivity contribution in [3.63, 3.8) is 0 Å². The molecule has 2 saturated carbocycles. The van der Waals surface area contributed by atoms with E-state index in [1.165, 1.54) is 77.0 Å². The van der Waals surface area contributed by atoms with Crippen LogP contribution < -0.4 is 0 Å². The minimum absolute atomic E-state index is 0.654. The van der Waals surface area contributed by atoms with Gasteiger partial charge in [-0.3, -0.25) is 0 Å². The van der Waals surface area contributed by atoms with E-state index in [9.17, 15) is 0 Å². The standard InChI is InChI=1S/C23H44S/c1-4-6-7-8-9-10-20-11-13-21(14-12-20)22-15-18-23(24-3,17-5-2)19-16-22/h20-22H,4-19H2,1-3H3. The molecule has 142 valence electrons. The topological polar surface area (TPSA) is 0 Å². The molecule has 0 nitrogen and oxygen atoms in total. The number of unbranched alkanes of at least 4 members (excludes halogenated alkanes) is 4. The second kappa shape index (κ2) is 11.1. The second-order valence-electron chi connectivity index (χ2n) is 8.96. The van der Waals surface area contributed by atoms with Crippen LogP contribution in [0.15, 0.2) is 0 Å². The minimum atomic E-state index is 0.654. The Morgan fingerprint density at radius 2 is 1.38 bits per heavy atom. The quantitative estimate of drug-likeness (QED) is 0.357. The molecule has 2 fully saturated rings. The van der Waals surface area contributed by atoms with Gasteiger partial charge in [0.2, 0.25) is 0 Å². The molecule has 0 radical (unpaired) electrons. The lowest BCUT2D eigenvalue weighted by Gasteiger charge is -2.43. The fourth-order valence-electron chi connectivity index (χ4n) is 5.63. The van der Waals surface area contributed by atoms with Crippen molar-refractivity contribution in [2.24, 2.45) is 17.8 Å². The van der Waals surface area contributed by atoms with E-state index < -0.39 is 0 Å². The molecule has 0 unspecified atom stereocenters. The maximum Gasteiger partial charge on any atom is 0.0157 e. The first-order chi connectivity index (χ1) is 11.7. The molecule has 0 atom stereocenters. The molecule has 2 aliphatic rings. The normalized spacial score (nSPS) is 34.4. The van der Waals surface area contributed by atoms with Gasteiger partial charge in [0.25, 0.3) is 0 Å². The van der Waals surface area contributed by atoms with Crippen LogP contribution in [-0.4, -0.2) is 11.0 Å². The zero-order valence-electron chi connectivity index (χ0n) is 17.0. The molecule has 0 aliphatic heterocycles. The van der Waals surface area contributed by atoms with Crippen LogP contribution in [0.2, 0.25) is 0 Å². The summed E-state index contributed by atoms with van der Waals surface area (Å²) < 4.78 is 0.654. The maximum atomic E-state index is 2.37. The summed E-state index contributed by atoms with van der Waals surface area (Å²) in [6.45, 7) is 4.69. The molecule has 0 aromatic carbocycles. The summed E-state index contributed by atoms with van der Waals surface area (Å²) in [4.78, 5) is 0. The molecular weight excluding hydrogens is 308 g/mol. The Labute approximate surface area is 157 Å². The van der Waals surface area contributed by atoms with Gasteiger partial charge in [0, 0.05) is 4.75 Å². The highest BCUT2D eigenvalue weighted by atomic mass is 32.2. The average Bonchev–Trinajstić information content (AvgIpc) is 2.63. The lowest BCUT2D eigenvalue weighted by atomic mass is 9.68.